The van der Waals surface area contributed by atoms with Crippen molar-refractivity contribution in [1.82, 2.24) is 9.62 Å². The first-order chi connectivity index (χ1) is 11.5. The number of sulfonamides is 1. The molecule has 2 rings (SSSR count). The number of benzene rings is 1. The Hall–Kier alpha value is -1.40. The standard InChI is InChI=1S/C19H30N2O3S/c1-6-19(4,5)20-18(22)16-7-9-17(10-8-16)25(23,24)21-12-14(2)11-15(3)13-21/h7-10,14-15H,6,11-13H2,1-5H3,(H,20,22)/t14-,15+. The SMILES string of the molecule is CCC(C)(C)NC(=O)c1ccc(S(=O)(=O)N2C[C@H](C)C[C@H](C)C2)cc1. The molecule has 0 spiro atoms. The highest BCUT2D eigenvalue weighted by atomic mass is 32.2. The highest BCUT2D eigenvalue weighted by Gasteiger charge is 2.31. The van der Waals surface area contributed by atoms with E-state index < -0.39 is 10.0 Å². The van der Waals surface area contributed by atoms with Crippen LogP contribution in [-0.2, 0) is 10.0 Å². The molecule has 6 heteroatoms. The molecule has 1 N–H and O–H groups in total. The third-order valence-electron chi connectivity index (χ3n) is 4.93. The fourth-order valence-electron chi connectivity index (χ4n) is 3.20. The molecular weight excluding hydrogens is 336 g/mol. The molecule has 140 valence electrons. The maximum absolute atomic E-state index is 12.9. The van der Waals surface area contributed by atoms with Crippen LogP contribution in [0.5, 0.6) is 0 Å². The molecule has 1 heterocycles. The highest BCUT2D eigenvalue weighted by Crippen LogP contribution is 2.26. The molecule has 1 aliphatic heterocycles. The number of rotatable bonds is 5. The highest BCUT2D eigenvalue weighted by molar-refractivity contribution is 7.89. The van der Waals surface area contributed by atoms with E-state index in [1.165, 1.54) is 12.1 Å². The summed E-state index contributed by atoms with van der Waals surface area (Å²) >= 11 is 0. The molecule has 1 fully saturated rings. The van der Waals surface area contributed by atoms with Gasteiger partial charge >= 0.3 is 0 Å². The summed E-state index contributed by atoms with van der Waals surface area (Å²) in [6, 6.07) is 6.25. The average molecular weight is 367 g/mol. The zero-order chi connectivity index (χ0) is 18.8. The Morgan fingerprint density at radius 3 is 2.16 bits per heavy atom. The Bertz CT molecular complexity index is 701. The van der Waals surface area contributed by atoms with Crippen molar-refractivity contribution in [2.24, 2.45) is 11.8 Å². The molecule has 0 aliphatic carbocycles. The minimum Gasteiger partial charge on any atom is -0.347 e. The number of carbonyl (C=O) groups is 1. The minimum atomic E-state index is -3.51. The summed E-state index contributed by atoms with van der Waals surface area (Å²) < 4.78 is 27.3. The number of nitrogens with one attached hydrogen (secondary N) is 1. The first-order valence-electron chi connectivity index (χ1n) is 8.98. The average Bonchev–Trinajstić information content (AvgIpc) is 2.53. The molecule has 1 aliphatic rings. The second kappa shape index (κ2) is 7.46. The molecule has 0 radical (unpaired) electrons. The van der Waals surface area contributed by atoms with Gasteiger partial charge in [0.1, 0.15) is 0 Å². The molecule has 1 saturated heterocycles. The van der Waals surface area contributed by atoms with Crippen LogP contribution >= 0.6 is 0 Å². The van der Waals surface area contributed by atoms with Crippen LogP contribution in [0.3, 0.4) is 0 Å². The van der Waals surface area contributed by atoms with E-state index in [1.807, 2.05) is 20.8 Å². The van der Waals surface area contributed by atoms with Gasteiger partial charge in [0.05, 0.1) is 4.90 Å². The number of hydrogen-bond donors (Lipinski definition) is 1. The lowest BCUT2D eigenvalue weighted by atomic mass is 9.94. The first-order valence-corrected chi connectivity index (χ1v) is 10.4. The molecule has 0 saturated carbocycles. The van der Waals surface area contributed by atoms with E-state index in [0.717, 1.165) is 12.8 Å². The summed E-state index contributed by atoms with van der Waals surface area (Å²) in [5, 5.41) is 2.96. The number of amides is 1. The van der Waals surface area contributed by atoms with E-state index >= 15 is 0 Å². The molecule has 25 heavy (non-hydrogen) atoms. The van der Waals surface area contributed by atoms with Gasteiger partial charge in [0.25, 0.3) is 5.91 Å². The van der Waals surface area contributed by atoms with Gasteiger partial charge in [-0.1, -0.05) is 20.8 Å². The lowest BCUT2D eigenvalue weighted by Crippen LogP contribution is -2.43. The lowest BCUT2D eigenvalue weighted by molar-refractivity contribution is 0.0911. The second-order valence-corrected chi connectivity index (χ2v) is 9.92. The van der Waals surface area contributed by atoms with E-state index in [4.69, 9.17) is 0 Å². The Morgan fingerprint density at radius 1 is 1.16 bits per heavy atom. The minimum absolute atomic E-state index is 0.184. The maximum Gasteiger partial charge on any atom is 0.251 e. The van der Waals surface area contributed by atoms with Crippen molar-refractivity contribution in [2.45, 2.75) is 57.9 Å². The van der Waals surface area contributed by atoms with Crippen LogP contribution in [0.15, 0.2) is 29.2 Å². The summed E-state index contributed by atoms with van der Waals surface area (Å²) in [5.41, 5.74) is 0.183. The van der Waals surface area contributed by atoms with Crippen molar-refractivity contribution < 1.29 is 13.2 Å². The molecule has 0 bridgehead atoms. The topological polar surface area (TPSA) is 66.5 Å². The van der Waals surface area contributed by atoms with Crippen LogP contribution in [-0.4, -0.2) is 37.3 Å². The molecule has 0 unspecified atom stereocenters. The van der Waals surface area contributed by atoms with Crippen LogP contribution in [0.2, 0.25) is 0 Å². The predicted octanol–water partition coefficient (Wildman–Crippen LogP) is 3.27. The Balaban J connectivity index is 2.17. The van der Waals surface area contributed by atoms with Crippen molar-refractivity contribution in [2.75, 3.05) is 13.1 Å². The number of carbonyl (C=O) groups excluding carboxylic acids is 1. The third-order valence-corrected chi connectivity index (χ3v) is 6.77. The number of hydrogen-bond acceptors (Lipinski definition) is 3. The van der Waals surface area contributed by atoms with Crippen LogP contribution < -0.4 is 5.32 Å². The van der Waals surface area contributed by atoms with Crippen molar-refractivity contribution in [3.8, 4) is 0 Å². The summed E-state index contributed by atoms with van der Waals surface area (Å²) in [5.74, 6) is 0.538. The van der Waals surface area contributed by atoms with Gasteiger partial charge in [0, 0.05) is 24.2 Å². The smallest absolute Gasteiger partial charge is 0.251 e. The van der Waals surface area contributed by atoms with Crippen molar-refractivity contribution in [1.29, 1.82) is 0 Å². The molecule has 1 aromatic rings. The third kappa shape index (κ3) is 4.82. The van der Waals surface area contributed by atoms with Gasteiger partial charge in [-0.3, -0.25) is 4.79 Å². The molecule has 2 atom stereocenters. The maximum atomic E-state index is 12.9. The van der Waals surface area contributed by atoms with E-state index in [9.17, 15) is 13.2 Å². The van der Waals surface area contributed by atoms with Gasteiger partial charge in [-0.15, -0.1) is 0 Å². The zero-order valence-corrected chi connectivity index (χ0v) is 16.7. The summed E-state index contributed by atoms with van der Waals surface area (Å²) in [6.07, 6.45) is 1.87. The van der Waals surface area contributed by atoms with E-state index in [-0.39, 0.29) is 16.3 Å². The number of nitrogens with zero attached hydrogens (tertiary/aromatic N) is 1. The van der Waals surface area contributed by atoms with Gasteiger partial charge < -0.3 is 5.32 Å². The summed E-state index contributed by atoms with van der Waals surface area (Å²) in [6.45, 7) is 11.2. The van der Waals surface area contributed by atoms with Crippen LogP contribution in [0, 0.1) is 11.8 Å². The summed E-state index contributed by atoms with van der Waals surface area (Å²) in [7, 11) is -3.51. The lowest BCUT2D eigenvalue weighted by Gasteiger charge is -2.34. The second-order valence-electron chi connectivity index (χ2n) is 7.98. The largest absolute Gasteiger partial charge is 0.347 e. The monoisotopic (exact) mass is 366 g/mol. The van der Waals surface area contributed by atoms with Crippen molar-refractivity contribution in [3.05, 3.63) is 29.8 Å². The van der Waals surface area contributed by atoms with Gasteiger partial charge in [0.2, 0.25) is 10.0 Å². The fourth-order valence-corrected chi connectivity index (χ4v) is 4.88. The first kappa shape index (κ1) is 19.9. The van der Waals surface area contributed by atoms with Crippen LogP contribution in [0.1, 0.15) is 57.8 Å². The molecule has 1 amide bonds. The Labute approximate surface area is 151 Å². The molecule has 0 aromatic heterocycles. The Morgan fingerprint density at radius 2 is 1.68 bits per heavy atom. The van der Waals surface area contributed by atoms with Crippen LogP contribution in [0.25, 0.3) is 0 Å². The Kier molecular flexibility index (Phi) is 5.94. The quantitative estimate of drug-likeness (QED) is 0.870. The van der Waals surface area contributed by atoms with Crippen LogP contribution in [0.4, 0.5) is 0 Å². The van der Waals surface area contributed by atoms with Gasteiger partial charge in [-0.25, -0.2) is 8.42 Å². The van der Waals surface area contributed by atoms with E-state index in [0.29, 0.717) is 30.5 Å². The zero-order valence-electron chi connectivity index (χ0n) is 15.9. The van der Waals surface area contributed by atoms with Gasteiger partial charge in [-0.2, -0.15) is 4.31 Å². The van der Waals surface area contributed by atoms with E-state index in [2.05, 4.69) is 19.2 Å². The van der Waals surface area contributed by atoms with Crippen molar-refractivity contribution in [3.63, 3.8) is 0 Å². The van der Waals surface area contributed by atoms with Crippen molar-refractivity contribution >= 4 is 15.9 Å². The molecule has 5 nitrogen and oxygen atoms in total. The fraction of sp³-hybridized carbons (Fsp3) is 0.632. The molecule has 1 aromatic carbocycles. The van der Waals surface area contributed by atoms with E-state index in [1.54, 1.807) is 16.4 Å². The van der Waals surface area contributed by atoms with Gasteiger partial charge in [-0.05, 0) is 62.8 Å². The predicted molar refractivity (Wildman–Crippen MR) is 100.0 cm³/mol. The normalized spacial score (nSPS) is 22.6. The molecular formula is C19H30N2O3S. The summed E-state index contributed by atoms with van der Waals surface area (Å²) in [4.78, 5) is 12.5. The van der Waals surface area contributed by atoms with Gasteiger partial charge in [0.15, 0.2) is 0 Å². The number of piperidine rings is 1.